The molecule has 1 fully saturated rings. The standard InChI is InChI=1S/C23H29N5/c1-19-8-3-5-10-21(19)22-18-28(25-24-22)13-7-12-26-14-16-27(17-15-26)23-11-6-4-9-20(23)2/h3-6,8-11,18H,7,12-17H2,1-2H3. The van der Waals surface area contributed by atoms with Gasteiger partial charge >= 0.3 is 0 Å². The number of aryl methyl sites for hydroxylation is 3. The van der Waals surface area contributed by atoms with Gasteiger partial charge < -0.3 is 4.90 Å². The normalized spacial score (nSPS) is 15.1. The molecule has 0 amide bonds. The minimum atomic E-state index is 0.914. The van der Waals surface area contributed by atoms with Gasteiger partial charge in [0, 0.05) is 50.5 Å². The van der Waals surface area contributed by atoms with Crippen LogP contribution in [0.15, 0.2) is 54.7 Å². The van der Waals surface area contributed by atoms with Crippen LogP contribution in [0.1, 0.15) is 17.5 Å². The minimum Gasteiger partial charge on any atom is -0.369 e. The van der Waals surface area contributed by atoms with Crippen LogP contribution in [0.4, 0.5) is 5.69 Å². The molecule has 3 aromatic rings. The van der Waals surface area contributed by atoms with Crippen LogP contribution in [0.5, 0.6) is 0 Å². The number of hydrogen-bond acceptors (Lipinski definition) is 4. The summed E-state index contributed by atoms with van der Waals surface area (Å²) in [6, 6.07) is 17.0. The maximum Gasteiger partial charge on any atom is 0.113 e. The molecule has 5 nitrogen and oxygen atoms in total. The van der Waals surface area contributed by atoms with Crippen molar-refractivity contribution in [3.8, 4) is 11.3 Å². The van der Waals surface area contributed by atoms with E-state index < -0.39 is 0 Å². The monoisotopic (exact) mass is 375 g/mol. The summed E-state index contributed by atoms with van der Waals surface area (Å²) in [4.78, 5) is 5.08. The molecule has 1 aromatic heterocycles. The molecule has 0 N–H and O–H groups in total. The molecular formula is C23H29N5. The van der Waals surface area contributed by atoms with Crippen molar-refractivity contribution >= 4 is 5.69 Å². The van der Waals surface area contributed by atoms with Gasteiger partial charge in [0.05, 0.1) is 6.20 Å². The Morgan fingerprint density at radius 1 is 0.821 bits per heavy atom. The highest BCUT2D eigenvalue weighted by Crippen LogP contribution is 2.21. The molecule has 0 saturated carbocycles. The quantitative estimate of drug-likeness (QED) is 0.657. The van der Waals surface area contributed by atoms with E-state index in [0.717, 1.165) is 51.4 Å². The van der Waals surface area contributed by atoms with Gasteiger partial charge in [-0.1, -0.05) is 47.7 Å². The van der Waals surface area contributed by atoms with E-state index in [2.05, 4.69) is 88.7 Å². The summed E-state index contributed by atoms with van der Waals surface area (Å²) < 4.78 is 1.98. The minimum absolute atomic E-state index is 0.914. The first-order valence-corrected chi connectivity index (χ1v) is 10.2. The van der Waals surface area contributed by atoms with Gasteiger partial charge in [0.15, 0.2) is 0 Å². The number of piperazine rings is 1. The van der Waals surface area contributed by atoms with Crippen molar-refractivity contribution in [3.63, 3.8) is 0 Å². The van der Waals surface area contributed by atoms with Crippen LogP contribution >= 0.6 is 0 Å². The first kappa shape index (κ1) is 18.7. The van der Waals surface area contributed by atoms with Gasteiger partial charge in [0.1, 0.15) is 5.69 Å². The SMILES string of the molecule is Cc1ccccc1-c1cn(CCCN2CCN(c3ccccc3C)CC2)nn1. The average molecular weight is 376 g/mol. The van der Waals surface area contributed by atoms with Gasteiger partial charge in [-0.05, 0) is 37.5 Å². The van der Waals surface area contributed by atoms with Crippen molar-refractivity contribution in [3.05, 3.63) is 65.9 Å². The fourth-order valence-electron chi connectivity index (χ4n) is 3.98. The molecule has 1 aliphatic rings. The van der Waals surface area contributed by atoms with E-state index in [4.69, 9.17) is 0 Å². The molecule has 0 spiro atoms. The van der Waals surface area contributed by atoms with E-state index in [-0.39, 0.29) is 0 Å². The summed E-state index contributed by atoms with van der Waals surface area (Å²) in [5, 5.41) is 8.67. The number of hydrogen-bond donors (Lipinski definition) is 0. The molecule has 0 radical (unpaired) electrons. The van der Waals surface area contributed by atoms with Gasteiger partial charge in [0.25, 0.3) is 0 Å². The Morgan fingerprint density at radius 3 is 2.29 bits per heavy atom. The molecule has 0 bridgehead atoms. The highest BCUT2D eigenvalue weighted by molar-refractivity contribution is 5.61. The summed E-state index contributed by atoms with van der Waals surface area (Å²) in [5.41, 5.74) is 6.12. The molecule has 1 saturated heterocycles. The molecule has 146 valence electrons. The van der Waals surface area contributed by atoms with Crippen LogP contribution < -0.4 is 4.90 Å². The summed E-state index contributed by atoms with van der Waals surface area (Å²) >= 11 is 0. The van der Waals surface area contributed by atoms with Crippen LogP contribution in [0.2, 0.25) is 0 Å². The molecular weight excluding hydrogens is 346 g/mol. The molecule has 5 heteroatoms. The van der Waals surface area contributed by atoms with Crippen molar-refractivity contribution in [2.45, 2.75) is 26.8 Å². The van der Waals surface area contributed by atoms with Gasteiger partial charge in [-0.2, -0.15) is 0 Å². The molecule has 0 unspecified atom stereocenters. The average Bonchev–Trinajstić information content (AvgIpc) is 3.18. The van der Waals surface area contributed by atoms with E-state index in [0.29, 0.717) is 0 Å². The maximum absolute atomic E-state index is 4.36. The van der Waals surface area contributed by atoms with Crippen molar-refractivity contribution in [1.82, 2.24) is 19.9 Å². The Balaban J connectivity index is 1.25. The zero-order valence-electron chi connectivity index (χ0n) is 16.9. The molecule has 28 heavy (non-hydrogen) atoms. The first-order chi connectivity index (χ1) is 13.7. The second-order valence-electron chi connectivity index (χ2n) is 7.65. The topological polar surface area (TPSA) is 37.2 Å². The Bertz CT molecular complexity index is 909. The number of nitrogens with zero attached hydrogens (tertiary/aromatic N) is 5. The first-order valence-electron chi connectivity index (χ1n) is 10.2. The highest BCUT2D eigenvalue weighted by atomic mass is 15.4. The van der Waals surface area contributed by atoms with Crippen molar-refractivity contribution in [1.29, 1.82) is 0 Å². The van der Waals surface area contributed by atoms with E-state index in [1.807, 2.05) is 4.68 Å². The second-order valence-corrected chi connectivity index (χ2v) is 7.65. The lowest BCUT2D eigenvalue weighted by atomic mass is 10.1. The fourth-order valence-corrected chi connectivity index (χ4v) is 3.98. The Kier molecular flexibility index (Phi) is 5.72. The number of rotatable bonds is 6. The zero-order chi connectivity index (χ0) is 19.3. The lowest BCUT2D eigenvalue weighted by Gasteiger charge is -2.36. The third-order valence-electron chi connectivity index (χ3n) is 5.65. The Labute approximate surface area is 167 Å². The van der Waals surface area contributed by atoms with Crippen LogP contribution in [0.25, 0.3) is 11.3 Å². The number of benzene rings is 2. The van der Waals surface area contributed by atoms with Crippen LogP contribution in [0.3, 0.4) is 0 Å². The van der Waals surface area contributed by atoms with Crippen molar-refractivity contribution in [2.75, 3.05) is 37.6 Å². The van der Waals surface area contributed by atoms with Crippen LogP contribution in [-0.4, -0.2) is 52.6 Å². The fraction of sp³-hybridized carbons (Fsp3) is 0.391. The summed E-state index contributed by atoms with van der Waals surface area (Å²) in [7, 11) is 0. The second kappa shape index (κ2) is 8.57. The predicted octanol–water partition coefficient (Wildman–Crippen LogP) is 3.77. The van der Waals surface area contributed by atoms with E-state index in [1.54, 1.807) is 0 Å². The number of para-hydroxylation sites is 1. The smallest absolute Gasteiger partial charge is 0.113 e. The third kappa shape index (κ3) is 4.25. The Morgan fingerprint density at radius 2 is 1.54 bits per heavy atom. The lowest BCUT2D eigenvalue weighted by Crippen LogP contribution is -2.47. The van der Waals surface area contributed by atoms with E-state index >= 15 is 0 Å². The highest BCUT2D eigenvalue weighted by Gasteiger charge is 2.17. The summed E-state index contributed by atoms with van der Waals surface area (Å²) in [5.74, 6) is 0. The molecule has 2 heterocycles. The van der Waals surface area contributed by atoms with Crippen molar-refractivity contribution < 1.29 is 0 Å². The molecule has 4 rings (SSSR count). The molecule has 0 aliphatic carbocycles. The summed E-state index contributed by atoms with van der Waals surface area (Å²) in [6.45, 7) is 10.8. The van der Waals surface area contributed by atoms with Gasteiger partial charge in [-0.25, -0.2) is 0 Å². The van der Waals surface area contributed by atoms with Gasteiger partial charge in [-0.3, -0.25) is 9.58 Å². The van der Waals surface area contributed by atoms with Crippen LogP contribution in [0, 0.1) is 13.8 Å². The van der Waals surface area contributed by atoms with Crippen molar-refractivity contribution in [2.24, 2.45) is 0 Å². The maximum atomic E-state index is 4.36. The molecule has 2 aromatic carbocycles. The zero-order valence-corrected chi connectivity index (χ0v) is 16.9. The Hall–Kier alpha value is -2.66. The largest absolute Gasteiger partial charge is 0.369 e. The van der Waals surface area contributed by atoms with Gasteiger partial charge in [0.2, 0.25) is 0 Å². The van der Waals surface area contributed by atoms with Crippen LogP contribution in [-0.2, 0) is 6.54 Å². The molecule has 0 atom stereocenters. The molecule has 1 aliphatic heterocycles. The van der Waals surface area contributed by atoms with E-state index in [1.165, 1.54) is 22.4 Å². The van der Waals surface area contributed by atoms with E-state index in [9.17, 15) is 0 Å². The summed E-state index contributed by atoms with van der Waals surface area (Å²) in [6.07, 6.45) is 3.17. The third-order valence-corrected chi connectivity index (χ3v) is 5.65. The lowest BCUT2D eigenvalue weighted by molar-refractivity contribution is 0.248. The van der Waals surface area contributed by atoms with Gasteiger partial charge in [-0.15, -0.1) is 5.10 Å². The number of aromatic nitrogens is 3. The predicted molar refractivity (Wildman–Crippen MR) is 115 cm³/mol. The number of anilines is 1.